The number of methoxy groups -OCH3 is 1. The number of aryl methyl sites for hydroxylation is 1. The SMILES string of the molecule is COC(=O)c1c(CC(C)(C)[Si](O)(c2ccccc2)c2ccccc2)cc2c(ncn2C)c1CSc1ccccc1. The molecule has 1 aromatic heterocycles. The fraction of sp³-hybridized carbons (Fsp3) is 0.212. The van der Waals surface area contributed by atoms with Crippen molar-refractivity contribution in [2.45, 2.75) is 36.0 Å². The predicted octanol–water partition coefficient (Wildman–Crippen LogP) is 5.73. The van der Waals surface area contributed by atoms with Crippen LogP contribution in [0.5, 0.6) is 0 Å². The fourth-order valence-corrected chi connectivity index (χ4v) is 10.2. The van der Waals surface area contributed by atoms with E-state index in [2.05, 4.69) is 32.0 Å². The molecule has 0 spiro atoms. The number of thioether (sulfide) groups is 1. The number of aromatic nitrogens is 2. The Bertz CT molecular complexity index is 1580. The molecule has 0 aliphatic carbocycles. The molecule has 1 N–H and O–H groups in total. The van der Waals surface area contributed by atoms with E-state index in [0.717, 1.165) is 37.4 Å². The average Bonchev–Trinajstić information content (AvgIpc) is 3.36. The number of hydrogen-bond donors (Lipinski definition) is 1. The van der Waals surface area contributed by atoms with Crippen LogP contribution in [0.1, 0.15) is 35.3 Å². The highest BCUT2D eigenvalue weighted by Gasteiger charge is 2.50. The van der Waals surface area contributed by atoms with Crippen LogP contribution in [0.4, 0.5) is 0 Å². The van der Waals surface area contributed by atoms with Gasteiger partial charge >= 0.3 is 5.97 Å². The van der Waals surface area contributed by atoms with Crippen LogP contribution in [0.15, 0.2) is 108 Å². The zero-order valence-electron chi connectivity index (χ0n) is 23.3. The van der Waals surface area contributed by atoms with Gasteiger partial charge in [0.1, 0.15) is 0 Å². The largest absolute Gasteiger partial charge is 0.465 e. The van der Waals surface area contributed by atoms with Crippen molar-refractivity contribution in [1.82, 2.24) is 9.55 Å². The summed E-state index contributed by atoms with van der Waals surface area (Å²) in [6, 6.07) is 32.1. The van der Waals surface area contributed by atoms with Crippen LogP contribution in [0.2, 0.25) is 5.04 Å². The van der Waals surface area contributed by atoms with Crippen molar-refractivity contribution in [1.29, 1.82) is 0 Å². The maximum Gasteiger partial charge on any atom is 0.338 e. The number of benzene rings is 4. The molecule has 0 atom stereocenters. The van der Waals surface area contributed by atoms with E-state index in [1.165, 1.54) is 7.11 Å². The summed E-state index contributed by atoms with van der Waals surface area (Å²) >= 11 is 1.67. The summed E-state index contributed by atoms with van der Waals surface area (Å²) in [5, 5.41) is 1.29. The van der Waals surface area contributed by atoms with E-state index in [9.17, 15) is 9.59 Å². The Morgan fingerprint density at radius 2 is 1.50 bits per heavy atom. The highest BCUT2D eigenvalue weighted by Crippen LogP contribution is 2.42. The summed E-state index contributed by atoms with van der Waals surface area (Å²) in [5.74, 6) is 0.182. The number of ether oxygens (including phenoxy) is 1. The van der Waals surface area contributed by atoms with Crippen molar-refractivity contribution >= 4 is 47.5 Å². The monoisotopic (exact) mass is 566 g/mol. The van der Waals surface area contributed by atoms with Gasteiger partial charge in [0.25, 0.3) is 8.32 Å². The maximum atomic E-state index is 13.5. The van der Waals surface area contributed by atoms with Gasteiger partial charge in [-0.1, -0.05) is 92.7 Å². The second kappa shape index (κ2) is 11.5. The number of rotatable bonds is 9. The molecule has 5 nitrogen and oxygen atoms in total. The van der Waals surface area contributed by atoms with Crippen LogP contribution < -0.4 is 10.4 Å². The molecule has 0 saturated heterocycles. The van der Waals surface area contributed by atoms with Crippen LogP contribution in [0, 0.1) is 0 Å². The Morgan fingerprint density at radius 1 is 0.950 bits per heavy atom. The number of fused-ring (bicyclic) bond motifs is 1. The smallest absolute Gasteiger partial charge is 0.338 e. The van der Waals surface area contributed by atoms with Gasteiger partial charge in [-0.2, -0.15) is 0 Å². The normalized spacial score (nSPS) is 12.0. The lowest BCUT2D eigenvalue weighted by molar-refractivity contribution is 0.0598. The molecule has 5 rings (SSSR count). The first kappa shape index (κ1) is 27.9. The lowest BCUT2D eigenvalue weighted by Gasteiger charge is -2.41. The lowest BCUT2D eigenvalue weighted by Crippen LogP contribution is -2.66. The molecule has 0 aliphatic heterocycles. The Hall–Kier alpha value is -3.65. The number of carbonyl (C=O) groups is 1. The van der Waals surface area contributed by atoms with E-state index in [0.29, 0.717) is 17.7 Å². The number of nitrogens with zero attached hydrogens (tertiary/aromatic N) is 2. The summed E-state index contributed by atoms with van der Waals surface area (Å²) in [4.78, 5) is 32.1. The van der Waals surface area contributed by atoms with E-state index >= 15 is 0 Å². The predicted molar refractivity (Wildman–Crippen MR) is 166 cm³/mol. The van der Waals surface area contributed by atoms with E-state index in [-0.39, 0.29) is 5.97 Å². The second-order valence-corrected chi connectivity index (χ2v) is 15.7. The standard InChI is InChI=1S/C33H34N2O3SSi/c1-33(2,40(37,26-16-10-6-11-17-26)27-18-12-7-13-19-27)21-24-20-29-31(34-23-35(29)3)28(30(24)32(36)38-4)22-39-25-14-8-5-9-15-25/h5-20,23,37H,21-22H2,1-4H3. The van der Waals surface area contributed by atoms with Gasteiger partial charge < -0.3 is 14.1 Å². The molecule has 7 heteroatoms. The summed E-state index contributed by atoms with van der Waals surface area (Å²) in [6.45, 7) is 4.23. The van der Waals surface area contributed by atoms with Crippen molar-refractivity contribution in [2.75, 3.05) is 7.11 Å². The third-order valence-corrected chi connectivity index (χ3v) is 13.2. The van der Waals surface area contributed by atoms with Gasteiger partial charge in [0, 0.05) is 23.3 Å². The number of esters is 1. The zero-order chi connectivity index (χ0) is 28.3. The third-order valence-electron chi connectivity index (χ3n) is 7.71. The Labute approximate surface area is 241 Å². The number of hydrogen-bond acceptors (Lipinski definition) is 5. The zero-order valence-corrected chi connectivity index (χ0v) is 25.1. The second-order valence-electron chi connectivity index (χ2n) is 10.7. The molecule has 1 heterocycles. The Kier molecular flexibility index (Phi) is 7.99. The summed E-state index contributed by atoms with van der Waals surface area (Å²) in [6.07, 6.45) is 2.27. The van der Waals surface area contributed by atoms with Crippen LogP contribution >= 0.6 is 11.8 Å². The molecule has 0 fully saturated rings. The van der Waals surface area contributed by atoms with E-state index < -0.39 is 13.4 Å². The van der Waals surface area contributed by atoms with Crippen molar-refractivity contribution in [3.05, 3.63) is 120 Å². The molecule has 0 aliphatic rings. The van der Waals surface area contributed by atoms with E-state index in [1.54, 1.807) is 18.1 Å². The van der Waals surface area contributed by atoms with Gasteiger partial charge in [-0.25, -0.2) is 9.78 Å². The van der Waals surface area contributed by atoms with E-state index in [4.69, 9.17) is 9.72 Å². The molecular weight excluding hydrogens is 533 g/mol. The summed E-state index contributed by atoms with van der Waals surface area (Å²) in [7, 11) is 0.0779. The van der Waals surface area contributed by atoms with Gasteiger partial charge in [0.05, 0.1) is 30.0 Å². The average molecular weight is 567 g/mol. The Balaban J connectivity index is 1.68. The molecule has 0 unspecified atom stereocenters. The minimum Gasteiger partial charge on any atom is -0.465 e. The van der Waals surface area contributed by atoms with Crippen LogP contribution in [0.25, 0.3) is 11.0 Å². The first-order chi connectivity index (χ1) is 19.3. The van der Waals surface area contributed by atoms with E-state index in [1.807, 2.05) is 90.5 Å². The lowest BCUT2D eigenvalue weighted by atomic mass is 9.93. The van der Waals surface area contributed by atoms with Gasteiger partial charge in [-0.15, -0.1) is 11.8 Å². The molecule has 0 radical (unpaired) electrons. The molecule has 4 aromatic carbocycles. The van der Waals surface area contributed by atoms with Crippen molar-refractivity contribution in [3.8, 4) is 0 Å². The summed E-state index contributed by atoms with van der Waals surface area (Å²) < 4.78 is 7.35. The third kappa shape index (κ3) is 5.12. The number of carbonyl (C=O) groups excluding carboxylic acids is 1. The highest BCUT2D eigenvalue weighted by molar-refractivity contribution is 7.98. The van der Waals surface area contributed by atoms with Gasteiger partial charge in [0.15, 0.2) is 0 Å². The topological polar surface area (TPSA) is 64.3 Å². The molecule has 0 saturated carbocycles. The molecular formula is C33H34N2O3SSi. The quantitative estimate of drug-likeness (QED) is 0.140. The van der Waals surface area contributed by atoms with Crippen LogP contribution in [-0.2, 0) is 24.0 Å². The van der Waals surface area contributed by atoms with Crippen molar-refractivity contribution in [3.63, 3.8) is 0 Å². The van der Waals surface area contributed by atoms with Crippen molar-refractivity contribution < 1.29 is 14.3 Å². The minimum absolute atomic E-state index is 0.383. The molecule has 40 heavy (non-hydrogen) atoms. The van der Waals surface area contributed by atoms with Crippen LogP contribution in [0.3, 0.4) is 0 Å². The highest BCUT2D eigenvalue weighted by atomic mass is 32.2. The molecule has 0 bridgehead atoms. The molecule has 5 aromatic rings. The molecule has 0 amide bonds. The first-order valence-corrected chi connectivity index (χ1v) is 16.2. The van der Waals surface area contributed by atoms with Gasteiger partial charge in [-0.3, -0.25) is 0 Å². The fourth-order valence-electron chi connectivity index (χ4n) is 5.61. The minimum atomic E-state index is -3.31. The van der Waals surface area contributed by atoms with Gasteiger partial charge in [-0.05, 0) is 45.6 Å². The van der Waals surface area contributed by atoms with Gasteiger partial charge in [0.2, 0.25) is 0 Å². The first-order valence-electron chi connectivity index (χ1n) is 13.3. The van der Waals surface area contributed by atoms with Crippen LogP contribution in [-0.4, -0.2) is 35.7 Å². The molecule has 204 valence electrons. The maximum absolute atomic E-state index is 13.5. The summed E-state index contributed by atoms with van der Waals surface area (Å²) in [5.41, 5.74) is 4.00. The Morgan fingerprint density at radius 3 is 2.05 bits per heavy atom. The van der Waals surface area contributed by atoms with Crippen molar-refractivity contribution in [2.24, 2.45) is 7.05 Å². The number of imidazole rings is 1.